The molecule has 106 valence electrons. The first kappa shape index (κ1) is 13.5. The lowest BCUT2D eigenvalue weighted by atomic mass is 10.1. The Bertz CT molecular complexity index is 798. The number of nitrogens with one attached hydrogen (secondary N) is 1. The first-order valence-electron chi connectivity index (χ1n) is 7.00. The van der Waals surface area contributed by atoms with E-state index in [1.165, 1.54) is 0 Å². The number of terminal acetylenes is 1. The Morgan fingerprint density at radius 2 is 2.00 bits per heavy atom. The highest BCUT2D eigenvalue weighted by atomic mass is 16.5. The predicted molar refractivity (Wildman–Crippen MR) is 85.5 cm³/mol. The molecule has 0 fully saturated rings. The minimum absolute atomic E-state index is 0.0500. The molecule has 0 saturated carbocycles. The summed E-state index contributed by atoms with van der Waals surface area (Å²) in [6, 6.07) is 13.9. The van der Waals surface area contributed by atoms with Crippen molar-refractivity contribution in [3.8, 4) is 18.1 Å². The van der Waals surface area contributed by atoms with E-state index in [1.54, 1.807) is 0 Å². The van der Waals surface area contributed by atoms with Gasteiger partial charge in [-0.05, 0) is 31.2 Å². The van der Waals surface area contributed by atoms with Gasteiger partial charge in [0.05, 0.1) is 6.54 Å². The molecule has 3 nitrogen and oxygen atoms in total. The average molecular weight is 279 g/mol. The van der Waals surface area contributed by atoms with Crippen LogP contribution < -0.4 is 10.1 Å². The lowest BCUT2D eigenvalue weighted by Gasteiger charge is -2.14. The average Bonchev–Trinajstić information content (AvgIpc) is 2.86. The Kier molecular flexibility index (Phi) is 3.81. The Hall–Kier alpha value is -2.44. The van der Waals surface area contributed by atoms with Gasteiger partial charge in [-0.3, -0.25) is 0 Å². The molecule has 0 aliphatic rings. The maximum atomic E-state index is 5.91. The van der Waals surface area contributed by atoms with E-state index in [0.717, 1.165) is 27.7 Å². The van der Waals surface area contributed by atoms with Crippen LogP contribution >= 0.6 is 0 Å². The van der Waals surface area contributed by atoms with E-state index in [0.29, 0.717) is 13.1 Å². The monoisotopic (exact) mass is 279 g/mol. The van der Waals surface area contributed by atoms with Crippen molar-refractivity contribution in [1.82, 2.24) is 5.32 Å². The number of rotatable bonds is 5. The van der Waals surface area contributed by atoms with E-state index in [2.05, 4.69) is 17.3 Å². The quantitative estimate of drug-likeness (QED) is 0.572. The third-order valence-electron chi connectivity index (χ3n) is 3.34. The van der Waals surface area contributed by atoms with Gasteiger partial charge < -0.3 is 14.5 Å². The van der Waals surface area contributed by atoms with Gasteiger partial charge in [0.25, 0.3) is 0 Å². The molecule has 3 aromatic rings. The van der Waals surface area contributed by atoms with Crippen molar-refractivity contribution in [2.75, 3.05) is 13.1 Å². The van der Waals surface area contributed by atoms with Gasteiger partial charge in [0.2, 0.25) is 0 Å². The molecule has 2 aromatic carbocycles. The van der Waals surface area contributed by atoms with Crippen molar-refractivity contribution in [3.63, 3.8) is 0 Å². The minimum atomic E-state index is 0.0500. The molecule has 0 spiro atoms. The highest BCUT2D eigenvalue weighted by Gasteiger charge is 2.09. The molecule has 1 aromatic heterocycles. The van der Waals surface area contributed by atoms with E-state index >= 15 is 0 Å². The number of furan rings is 1. The van der Waals surface area contributed by atoms with Gasteiger partial charge in [-0.1, -0.05) is 24.1 Å². The maximum absolute atomic E-state index is 5.91. The SMILES string of the molecule is C#CCNCC(C)Oc1ccc2oc3ccccc3c2c1. The van der Waals surface area contributed by atoms with Crippen LogP contribution in [0.2, 0.25) is 0 Å². The fourth-order valence-electron chi connectivity index (χ4n) is 2.40. The number of hydrogen-bond donors (Lipinski definition) is 1. The highest BCUT2D eigenvalue weighted by molar-refractivity contribution is 6.05. The van der Waals surface area contributed by atoms with Crippen LogP contribution in [0.15, 0.2) is 46.9 Å². The van der Waals surface area contributed by atoms with Crippen molar-refractivity contribution >= 4 is 21.9 Å². The summed E-state index contributed by atoms with van der Waals surface area (Å²) in [7, 11) is 0. The van der Waals surface area contributed by atoms with Gasteiger partial charge in [-0.25, -0.2) is 0 Å². The van der Waals surface area contributed by atoms with Gasteiger partial charge in [0.15, 0.2) is 0 Å². The minimum Gasteiger partial charge on any atom is -0.489 e. The number of fused-ring (bicyclic) bond motifs is 3. The summed E-state index contributed by atoms with van der Waals surface area (Å²) in [6.07, 6.45) is 5.26. The number of hydrogen-bond acceptors (Lipinski definition) is 3. The van der Waals surface area contributed by atoms with Crippen LogP contribution in [0.4, 0.5) is 0 Å². The molecular formula is C18H17NO2. The molecule has 21 heavy (non-hydrogen) atoms. The normalized spacial score (nSPS) is 12.4. The summed E-state index contributed by atoms with van der Waals surface area (Å²) in [5.41, 5.74) is 1.77. The standard InChI is InChI=1S/C18H17NO2/c1-3-10-19-12-13(2)20-14-8-9-18-16(11-14)15-6-4-5-7-17(15)21-18/h1,4-9,11,13,19H,10,12H2,2H3. The molecule has 1 atom stereocenters. The van der Waals surface area contributed by atoms with Crippen LogP contribution in [0.5, 0.6) is 5.75 Å². The van der Waals surface area contributed by atoms with E-state index in [9.17, 15) is 0 Å². The fraction of sp³-hybridized carbons (Fsp3) is 0.222. The van der Waals surface area contributed by atoms with Crippen LogP contribution in [0.1, 0.15) is 6.92 Å². The molecule has 1 N–H and O–H groups in total. The summed E-state index contributed by atoms with van der Waals surface area (Å²) < 4.78 is 11.7. The molecule has 1 unspecified atom stereocenters. The van der Waals surface area contributed by atoms with Crippen LogP contribution in [0.25, 0.3) is 21.9 Å². The van der Waals surface area contributed by atoms with Crippen molar-refractivity contribution in [2.24, 2.45) is 0 Å². The van der Waals surface area contributed by atoms with Crippen LogP contribution in [0, 0.1) is 12.3 Å². The largest absolute Gasteiger partial charge is 0.489 e. The fourth-order valence-corrected chi connectivity index (χ4v) is 2.40. The van der Waals surface area contributed by atoms with E-state index < -0.39 is 0 Å². The number of ether oxygens (including phenoxy) is 1. The first-order valence-corrected chi connectivity index (χ1v) is 7.00. The Morgan fingerprint density at radius 1 is 1.19 bits per heavy atom. The Balaban J connectivity index is 1.83. The molecule has 0 saturated heterocycles. The zero-order valence-electron chi connectivity index (χ0n) is 11.9. The third-order valence-corrected chi connectivity index (χ3v) is 3.34. The molecule has 0 aliphatic carbocycles. The summed E-state index contributed by atoms with van der Waals surface area (Å²) in [5, 5.41) is 5.32. The second-order valence-electron chi connectivity index (χ2n) is 5.02. The summed E-state index contributed by atoms with van der Waals surface area (Å²) in [5.74, 6) is 3.39. The number of benzene rings is 2. The van der Waals surface area contributed by atoms with Crippen LogP contribution in [-0.2, 0) is 0 Å². The van der Waals surface area contributed by atoms with Gasteiger partial charge >= 0.3 is 0 Å². The van der Waals surface area contributed by atoms with Crippen LogP contribution in [0.3, 0.4) is 0 Å². The van der Waals surface area contributed by atoms with E-state index in [4.69, 9.17) is 15.6 Å². The van der Waals surface area contributed by atoms with Crippen molar-refractivity contribution in [3.05, 3.63) is 42.5 Å². The molecule has 0 radical (unpaired) electrons. The second kappa shape index (κ2) is 5.90. The smallest absolute Gasteiger partial charge is 0.135 e. The molecular weight excluding hydrogens is 262 g/mol. The molecule has 1 heterocycles. The van der Waals surface area contributed by atoms with Crippen molar-refractivity contribution in [2.45, 2.75) is 13.0 Å². The van der Waals surface area contributed by atoms with E-state index in [1.807, 2.05) is 43.3 Å². The van der Waals surface area contributed by atoms with Crippen molar-refractivity contribution in [1.29, 1.82) is 0 Å². The molecule has 3 heteroatoms. The topological polar surface area (TPSA) is 34.4 Å². The van der Waals surface area contributed by atoms with Crippen molar-refractivity contribution < 1.29 is 9.15 Å². The molecule has 0 bridgehead atoms. The highest BCUT2D eigenvalue weighted by Crippen LogP contribution is 2.31. The summed E-state index contributed by atoms with van der Waals surface area (Å²) in [4.78, 5) is 0. The summed E-state index contributed by atoms with van der Waals surface area (Å²) in [6.45, 7) is 3.29. The summed E-state index contributed by atoms with van der Waals surface area (Å²) >= 11 is 0. The third kappa shape index (κ3) is 2.86. The zero-order valence-corrected chi connectivity index (χ0v) is 11.9. The second-order valence-corrected chi connectivity index (χ2v) is 5.02. The number of para-hydroxylation sites is 1. The maximum Gasteiger partial charge on any atom is 0.135 e. The lowest BCUT2D eigenvalue weighted by Crippen LogP contribution is -2.29. The van der Waals surface area contributed by atoms with Gasteiger partial charge in [-0.15, -0.1) is 6.42 Å². The molecule has 0 aliphatic heterocycles. The van der Waals surface area contributed by atoms with Gasteiger partial charge in [-0.2, -0.15) is 0 Å². The van der Waals surface area contributed by atoms with Crippen LogP contribution in [-0.4, -0.2) is 19.2 Å². The van der Waals surface area contributed by atoms with E-state index in [-0.39, 0.29) is 6.10 Å². The molecule has 0 amide bonds. The van der Waals surface area contributed by atoms with Gasteiger partial charge in [0.1, 0.15) is 23.0 Å². The Morgan fingerprint density at radius 3 is 2.86 bits per heavy atom. The lowest BCUT2D eigenvalue weighted by molar-refractivity contribution is 0.219. The first-order chi connectivity index (χ1) is 10.3. The predicted octanol–water partition coefficient (Wildman–Crippen LogP) is 3.58. The van der Waals surface area contributed by atoms with Gasteiger partial charge in [0, 0.05) is 17.3 Å². The Labute approximate surface area is 123 Å². The molecule has 3 rings (SSSR count). The zero-order chi connectivity index (χ0) is 14.7.